The van der Waals surface area contributed by atoms with Gasteiger partial charge in [-0.3, -0.25) is 19.2 Å². The van der Waals surface area contributed by atoms with E-state index in [1.807, 2.05) is 32.0 Å². The van der Waals surface area contributed by atoms with Gasteiger partial charge in [0.15, 0.2) is 5.78 Å². The van der Waals surface area contributed by atoms with E-state index in [1.165, 1.54) is 12.8 Å². The van der Waals surface area contributed by atoms with Gasteiger partial charge in [-0.1, -0.05) is 32.0 Å². The molecule has 2 aromatic rings. The maximum absolute atomic E-state index is 13.8. The molecule has 3 fully saturated rings. The third-order valence-corrected chi connectivity index (χ3v) is 7.90. The van der Waals surface area contributed by atoms with Crippen LogP contribution in [0, 0.1) is 5.92 Å². The molecular weight excluding hydrogens is 480 g/mol. The van der Waals surface area contributed by atoms with Gasteiger partial charge < -0.3 is 20.0 Å². The Morgan fingerprint density at radius 2 is 1.58 bits per heavy atom. The fourth-order valence-corrected chi connectivity index (χ4v) is 6.02. The average molecular weight is 517 g/mol. The van der Waals surface area contributed by atoms with Crippen LogP contribution in [-0.2, 0) is 9.59 Å². The second-order valence-electron chi connectivity index (χ2n) is 11.0. The second kappa shape index (κ2) is 11.0. The van der Waals surface area contributed by atoms with Crippen molar-refractivity contribution in [2.45, 2.75) is 57.7 Å². The van der Waals surface area contributed by atoms with E-state index in [-0.39, 0.29) is 42.0 Å². The lowest BCUT2D eigenvalue weighted by Gasteiger charge is -2.29. The first-order valence-corrected chi connectivity index (χ1v) is 13.7. The van der Waals surface area contributed by atoms with Gasteiger partial charge in [0.05, 0.1) is 12.6 Å². The summed E-state index contributed by atoms with van der Waals surface area (Å²) in [5, 5.41) is 2.95. The number of carbonyl (C=O) groups is 4. The number of likely N-dealkylation sites (tertiary alicyclic amines) is 2. The molecule has 0 aromatic heterocycles. The minimum Gasteiger partial charge on any atom is -0.372 e. The van der Waals surface area contributed by atoms with Crippen molar-refractivity contribution in [1.82, 2.24) is 15.1 Å². The predicted molar refractivity (Wildman–Crippen MR) is 145 cm³/mol. The summed E-state index contributed by atoms with van der Waals surface area (Å²) in [5.74, 6) is -0.708. The van der Waals surface area contributed by atoms with Gasteiger partial charge in [0, 0.05) is 36.4 Å². The molecule has 3 aliphatic rings. The fraction of sp³-hybridized carbons (Fsp3) is 0.467. The maximum Gasteiger partial charge on any atom is 0.254 e. The zero-order chi connectivity index (χ0) is 26.8. The van der Waals surface area contributed by atoms with Crippen LogP contribution in [0.5, 0.6) is 0 Å². The number of fused-ring (bicyclic) bond motifs is 1. The molecule has 1 unspecified atom stereocenters. The van der Waals surface area contributed by atoms with E-state index in [4.69, 9.17) is 0 Å². The molecule has 0 aliphatic carbocycles. The Morgan fingerprint density at radius 1 is 0.895 bits per heavy atom. The molecule has 2 aromatic carbocycles. The Labute approximate surface area is 224 Å². The van der Waals surface area contributed by atoms with Gasteiger partial charge in [0.1, 0.15) is 12.1 Å². The molecule has 3 saturated heterocycles. The maximum atomic E-state index is 13.8. The smallest absolute Gasteiger partial charge is 0.254 e. The van der Waals surface area contributed by atoms with Crippen molar-refractivity contribution in [3.8, 4) is 0 Å². The van der Waals surface area contributed by atoms with Crippen LogP contribution in [-0.4, -0.2) is 77.6 Å². The van der Waals surface area contributed by atoms with Crippen molar-refractivity contribution < 1.29 is 19.2 Å². The minimum absolute atomic E-state index is 0.00257. The summed E-state index contributed by atoms with van der Waals surface area (Å²) in [6, 6.07) is 14.7. The lowest BCUT2D eigenvalue weighted by atomic mass is 10.0. The number of amides is 3. The normalized spacial score (nSPS) is 21.7. The van der Waals surface area contributed by atoms with Crippen LogP contribution in [0.25, 0.3) is 0 Å². The molecule has 3 aliphatic heterocycles. The van der Waals surface area contributed by atoms with Crippen LogP contribution in [0.4, 0.5) is 5.69 Å². The minimum atomic E-state index is -0.744. The highest BCUT2D eigenvalue weighted by atomic mass is 16.2. The average Bonchev–Trinajstić information content (AvgIpc) is 3.67. The lowest BCUT2D eigenvalue weighted by molar-refractivity contribution is -0.138. The first-order chi connectivity index (χ1) is 18.3. The Hall–Kier alpha value is -3.68. The van der Waals surface area contributed by atoms with Gasteiger partial charge in [-0.2, -0.15) is 0 Å². The number of carbonyl (C=O) groups excluding carboxylic acids is 4. The van der Waals surface area contributed by atoms with E-state index in [9.17, 15) is 19.2 Å². The fourth-order valence-electron chi connectivity index (χ4n) is 6.02. The van der Waals surface area contributed by atoms with E-state index in [0.29, 0.717) is 30.5 Å². The monoisotopic (exact) mass is 516 g/mol. The molecule has 0 bridgehead atoms. The van der Waals surface area contributed by atoms with Crippen LogP contribution in [0.1, 0.15) is 60.2 Å². The van der Waals surface area contributed by atoms with Gasteiger partial charge in [0.25, 0.3) is 11.8 Å². The van der Waals surface area contributed by atoms with E-state index < -0.39 is 12.1 Å². The molecule has 0 radical (unpaired) electrons. The molecule has 8 nitrogen and oxygen atoms in total. The quantitative estimate of drug-likeness (QED) is 0.611. The zero-order valence-electron chi connectivity index (χ0n) is 22.1. The summed E-state index contributed by atoms with van der Waals surface area (Å²) in [6.45, 7) is 6.45. The summed E-state index contributed by atoms with van der Waals surface area (Å²) >= 11 is 0. The summed E-state index contributed by atoms with van der Waals surface area (Å²) in [4.78, 5) is 58.6. The van der Waals surface area contributed by atoms with Gasteiger partial charge >= 0.3 is 0 Å². The predicted octanol–water partition coefficient (Wildman–Crippen LogP) is 3.13. The Morgan fingerprint density at radius 3 is 2.24 bits per heavy atom. The van der Waals surface area contributed by atoms with Crippen LogP contribution < -0.4 is 10.2 Å². The molecule has 38 heavy (non-hydrogen) atoms. The second-order valence-corrected chi connectivity index (χ2v) is 11.0. The van der Waals surface area contributed by atoms with Crippen molar-refractivity contribution in [2.75, 3.05) is 31.1 Å². The third-order valence-electron chi connectivity index (χ3n) is 7.90. The highest BCUT2D eigenvalue weighted by molar-refractivity contribution is 6.03. The van der Waals surface area contributed by atoms with Crippen LogP contribution in [0.2, 0.25) is 0 Å². The first-order valence-electron chi connectivity index (χ1n) is 13.7. The van der Waals surface area contributed by atoms with Crippen LogP contribution >= 0.6 is 0 Å². The number of nitrogens with zero attached hydrogens (tertiary/aromatic N) is 3. The molecule has 1 N–H and O–H groups in total. The van der Waals surface area contributed by atoms with E-state index in [1.54, 1.807) is 46.2 Å². The Kier molecular flexibility index (Phi) is 7.49. The van der Waals surface area contributed by atoms with Crippen LogP contribution in [0.15, 0.2) is 54.6 Å². The first kappa shape index (κ1) is 25.9. The number of rotatable bonds is 7. The van der Waals surface area contributed by atoms with E-state index >= 15 is 0 Å². The van der Waals surface area contributed by atoms with E-state index in [0.717, 1.165) is 18.8 Å². The number of Topliss-reactive ketones (excluding diaryl/α,β-unsaturated/α-hetero) is 1. The Balaban J connectivity index is 1.29. The number of hydrogen-bond acceptors (Lipinski definition) is 5. The van der Waals surface area contributed by atoms with Crippen molar-refractivity contribution in [1.29, 1.82) is 0 Å². The number of ketones is 1. The zero-order valence-corrected chi connectivity index (χ0v) is 22.1. The van der Waals surface area contributed by atoms with Gasteiger partial charge in [-0.15, -0.1) is 0 Å². The topological polar surface area (TPSA) is 90.0 Å². The SMILES string of the molecule is CC(C)C[C@H](NC(=O)c1ccc(N2CCCC2)cc1)C(=O)N1CCC2[C@H]1C(=O)CN2C(=O)c1ccccc1. The summed E-state index contributed by atoms with van der Waals surface area (Å²) in [6.07, 6.45) is 3.37. The summed E-state index contributed by atoms with van der Waals surface area (Å²) in [5.41, 5.74) is 2.14. The Bertz CT molecular complexity index is 1190. The number of benzene rings is 2. The molecule has 3 atom stereocenters. The van der Waals surface area contributed by atoms with Crippen molar-refractivity contribution >= 4 is 29.2 Å². The molecule has 8 heteroatoms. The molecule has 3 heterocycles. The number of nitrogens with one attached hydrogen (secondary N) is 1. The van der Waals surface area contributed by atoms with Gasteiger partial charge in [0.2, 0.25) is 5.91 Å². The lowest BCUT2D eigenvalue weighted by Crippen LogP contribution is -2.53. The highest BCUT2D eigenvalue weighted by Gasteiger charge is 2.52. The van der Waals surface area contributed by atoms with Gasteiger partial charge in [-0.25, -0.2) is 0 Å². The molecule has 3 amide bonds. The van der Waals surface area contributed by atoms with Gasteiger partial charge in [-0.05, 0) is 68.0 Å². The number of hydrogen-bond donors (Lipinski definition) is 1. The molecule has 200 valence electrons. The standard InChI is InChI=1S/C30H36N4O4/c1-20(2)18-24(31-28(36)21-10-12-23(13-11-21)32-15-6-7-16-32)30(38)33-17-14-25-27(33)26(35)19-34(25)29(37)22-8-4-3-5-9-22/h3-5,8-13,20,24-25,27H,6-7,14-19H2,1-2H3,(H,31,36)/t24-,25?,27-/m0/s1. The summed E-state index contributed by atoms with van der Waals surface area (Å²) in [7, 11) is 0. The summed E-state index contributed by atoms with van der Waals surface area (Å²) < 4.78 is 0. The molecule has 0 saturated carbocycles. The molecule has 0 spiro atoms. The van der Waals surface area contributed by atoms with Crippen molar-refractivity contribution in [2.24, 2.45) is 5.92 Å². The highest BCUT2D eigenvalue weighted by Crippen LogP contribution is 2.32. The van der Waals surface area contributed by atoms with Crippen molar-refractivity contribution in [3.63, 3.8) is 0 Å². The largest absolute Gasteiger partial charge is 0.372 e. The van der Waals surface area contributed by atoms with Crippen molar-refractivity contribution in [3.05, 3.63) is 65.7 Å². The van der Waals surface area contributed by atoms with E-state index in [2.05, 4.69) is 10.2 Å². The third kappa shape index (κ3) is 5.17. The van der Waals surface area contributed by atoms with Crippen LogP contribution in [0.3, 0.4) is 0 Å². The molecular formula is C30H36N4O4. The molecule has 5 rings (SSSR count). The number of anilines is 1.